The van der Waals surface area contributed by atoms with Crippen molar-refractivity contribution in [1.82, 2.24) is 16.0 Å². The molecule has 0 aliphatic heterocycles. The molecule has 173 valence electrons. The van der Waals surface area contributed by atoms with Crippen molar-refractivity contribution in [2.45, 2.75) is 76.9 Å². The standard InChI is InChI=1S/C19H35N4O6S/c1-10(2)8-14(18(28)22-15(9-24)11(3)25)21-19(29)16(12(4)26)23-17(27)13(20)6-7-30-5/h10-16,25-26H,6-8,20H2,1-5H3,(H,21,29)(H,22,28)(H,23,27)/t11-,12-,13+,14+,15-,16+/m1/s1. The maximum Gasteiger partial charge on any atom is 0.245 e. The molecule has 0 unspecified atom stereocenters. The minimum atomic E-state index is -1.31. The molecule has 0 aliphatic rings. The number of aliphatic hydroxyl groups is 2. The van der Waals surface area contributed by atoms with Crippen molar-refractivity contribution in [1.29, 1.82) is 0 Å². The number of hydrogen-bond donors (Lipinski definition) is 6. The summed E-state index contributed by atoms with van der Waals surface area (Å²) >= 11 is 1.53. The van der Waals surface area contributed by atoms with Crippen LogP contribution in [0.15, 0.2) is 0 Å². The van der Waals surface area contributed by atoms with E-state index in [0.717, 1.165) is 0 Å². The fourth-order valence-electron chi connectivity index (χ4n) is 2.51. The van der Waals surface area contributed by atoms with Crippen LogP contribution in [0.2, 0.25) is 0 Å². The van der Waals surface area contributed by atoms with Gasteiger partial charge in [0.25, 0.3) is 0 Å². The Hall–Kier alpha value is -1.69. The first-order valence-electron chi connectivity index (χ1n) is 9.83. The lowest BCUT2D eigenvalue weighted by Gasteiger charge is -2.27. The number of amides is 3. The molecule has 0 heterocycles. The molecule has 0 aromatic rings. The molecule has 11 heteroatoms. The summed E-state index contributed by atoms with van der Waals surface area (Å²) in [6.45, 7) is 6.33. The third kappa shape index (κ3) is 10.4. The topological polar surface area (TPSA) is 171 Å². The van der Waals surface area contributed by atoms with E-state index < -0.39 is 54.1 Å². The van der Waals surface area contributed by atoms with Crippen LogP contribution in [0.1, 0.15) is 40.5 Å². The van der Waals surface area contributed by atoms with Crippen LogP contribution in [-0.2, 0) is 19.2 Å². The molecule has 0 aromatic carbocycles. The van der Waals surface area contributed by atoms with Crippen LogP contribution in [0.4, 0.5) is 0 Å². The highest BCUT2D eigenvalue weighted by Gasteiger charge is 2.32. The Morgan fingerprint density at radius 3 is 2.00 bits per heavy atom. The summed E-state index contributed by atoms with van der Waals surface area (Å²) in [5.74, 6) is -1.36. The summed E-state index contributed by atoms with van der Waals surface area (Å²) in [4.78, 5) is 48.4. The molecule has 3 amide bonds. The van der Waals surface area contributed by atoms with Gasteiger partial charge in [0, 0.05) is 0 Å². The second kappa shape index (κ2) is 14.3. The number of carbonyl (C=O) groups is 3. The van der Waals surface area contributed by atoms with Crippen molar-refractivity contribution in [2.24, 2.45) is 11.7 Å². The van der Waals surface area contributed by atoms with Crippen molar-refractivity contribution < 1.29 is 29.4 Å². The van der Waals surface area contributed by atoms with E-state index in [1.807, 2.05) is 20.1 Å². The van der Waals surface area contributed by atoms with Crippen LogP contribution in [0, 0.1) is 5.92 Å². The van der Waals surface area contributed by atoms with Crippen LogP contribution >= 0.6 is 11.8 Å². The second-order valence-electron chi connectivity index (χ2n) is 7.65. The van der Waals surface area contributed by atoms with Crippen molar-refractivity contribution >= 4 is 35.8 Å². The highest BCUT2D eigenvalue weighted by Crippen LogP contribution is 2.07. The molecule has 0 rings (SSSR count). The average molecular weight is 448 g/mol. The first-order valence-corrected chi connectivity index (χ1v) is 11.2. The molecule has 0 aromatic heterocycles. The van der Waals surface area contributed by atoms with Gasteiger partial charge in [-0.3, -0.25) is 19.2 Å². The maximum atomic E-state index is 12.7. The molecule has 0 fully saturated rings. The SMILES string of the molecule is CSCC[C@H](N)C(=O)N[C@H](C(=O)N[C@@H](CC(C)C)C(=O)N[C@H]([C]=O)[C@@H](C)O)[C@@H](C)O. The predicted octanol–water partition coefficient (Wildman–Crippen LogP) is -1.56. The fourth-order valence-corrected chi connectivity index (χ4v) is 3.00. The van der Waals surface area contributed by atoms with E-state index in [4.69, 9.17) is 5.73 Å². The number of aliphatic hydroxyl groups excluding tert-OH is 2. The second-order valence-corrected chi connectivity index (χ2v) is 8.64. The van der Waals surface area contributed by atoms with Gasteiger partial charge in [0.15, 0.2) is 0 Å². The third-order valence-electron chi connectivity index (χ3n) is 4.28. The van der Waals surface area contributed by atoms with E-state index >= 15 is 0 Å². The van der Waals surface area contributed by atoms with Crippen LogP contribution in [-0.4, -0.2) is 82.6 Å². The molecule has 10 nitrogen and oxygen atoms in total. The number of carbonyl (C=O) groups excluding carboxylic acids is 4. The smallest absolute Gasteiger partial charge is 0.245 e. The molecule has 0 spiro atoms. The Balaban J connectivity index is 5.28. The van der Waals surface area contributed by atoms with Crippen molar-refractivity contribution in [3.63, 3.8) is 0 Å². The van der Waals surface area contributed by atoms with E-state index in [1.54, 1.807) is 0 Å². The van der Waals surface area contributed by atoms with Crippen molar-refractivity contribution in [3.05, 3.63) is 0 Å². The minimum absolute atomic E-state index is 0.00539. The number of rotatable bonds is 14. The molecular formula is C19H35N4O6S. The molecule has 6 atom stereocenters. The summed E-state index contributed by atoms with van der Waals surface area (Å²) < 4.78 is 0. The Morgan fingerprint density at radius 2 is 1.57 bits per heavy atom. The zero-order valence-electron chi connectivity index (χ0n) is 18.2. The Labute approximate surface area is 182 Å². The van der Waals surface area contributed by atoms with Crippen molar-refractivity contribution in [2.75, 3.05) is 12.0 Å². The van der Waals surface area contributed by atoms with Gasteiger partial charge in [-0.2, -0.15) is 11.8 Å². The first-order chi connectivity index (χ1) is 13.9. The van der Waals surface area contributed by atoms with Crippen LogP contribution in [0.25, 0.3) is 0 Å². The van der Waals surface area contributed by atoms with Gasteiger partial charge in [-0.05, 0) is 44.6 Å². The summed E-state index contributed by atoms with van der Waals surface area (Å²) in [5.41, 5.74) is 5.80. The zero-order valence-corrected chi connectivity index (χ0v) is 19.0. The van der Waals surface area contributed by atoms with E-state index in [1.165, 1.54) is 31.9 Å². The summed E-state index contributed by atoms with van der Waals surface area (Å²) in [5, 5.41) is 26.7. The lowest BCUT2D eigenvalue weighted by molar-refractivity contribution is -0.135. The lowest BCUT2D eigenvalue weighted by Crippen LogP contribution is -2.60. The van der Waals surface area contributed by atoms with Crippen molar-refractivity contribution in [3.8, 4) is 0 Å². The van der Waals surface area contributed by atoms with Gasteiger partial charge < -0.3 is 31.9 Å². The van der Waals surface area contributed by atoms with Gasteiger partial charge in [-0.15, -0.1) is 0 Å². The molecule has 0 bridgehead atoms. The monoisotopic (exact) mass is 447 g/mol. The fraction of sp³-hybridized carbons (Fsp3) is 0.789. The van der Waals surface area contributed by atoms with E-state index in [9.17, 15) is 29.4 Å². The summed E-state index contributed by atoms with van der Waals surface area (Å²) in [7, 11) is 0. The molecule has 0 aliphatic carbocycles. The van der Waals surface area contributed by atoms with Gasteiger partial charge in [0.1, 0.15) is 18.1 Å². The predicted molar refractivity (Wildman–Crippen MR) is 115 cm³/mol. The van der Waals surface area contributed by atoms with Gasteiger partial charge in [-0.25, -0.2) is 0 Å². The van der Waals surface area contributed by atoms with Crippen LogP contribution in [0.3, 0.4) is 0 Å². The van der Waals surface area contributed by atoms with Crippen LogP contribution in [0.5, 0.6) is 0 Å². The van der Waals surface area contributed by atoms with E-state index in [-0.39, 0.29) is 12.3 Å². The first kappa shape index (κ1) is 28.3. The Kier molecular flexibility index (Phi) is 13.5. The normalized spacial score (nSPS) is 17.2. The summed E-state index contributed by atoms with van der Waals surface area (Å²) in [6, 6.07) is -4.44. The molecule has 0 saturated heterocycles. The maximum absolute atomic E-state index is 12.7. The molecule has 7 N–H and O–H groups in total. The molecule has 30 heavy (non-hydrogen) atoms. The quantitative estimate of drug-likeness (QED) is 0.186. The van der Waals surface area contributed by atoms with E-state index in [2.05, 4.69) is 16.0 Å². The zero-order chi connectivity index (χ0) is 23.4. The molecular weight excluding hydrogens is 412 g/mol. The number of thioether (sulfide) groups is 1. The Bertz CT molecular complexity index is 573. The summed E-state index contributed by atoms with van der Waals surface area (Å²) in [6.07, 6.45) is 1.65. The average Bonchev–Trinajstić information content (AvgIpc) is 2.66. The van der Waals surface area contributed by atoms with E-state index in [0.29, 0.717) is 12.2 Å². The van der Waals surface area contributed by atoms with Gasteiger partial charge in [-0.1, -0.05) is 13.8 Å². The minimum Gasteiger partial charge on any atom is -0.391 e. The van der Waals surface area contributed by atoms with Gasteiger partial charge >= 0.3 is 0 Å². The van der Waals surface area contributed by atoms with Gasteiger partial charge in [0.05, 0.1) is 18.2 Å². The highest BCUT2D eigenvalue weighted by atomic mass is 32.2. The Morgan fingerprint density at radius 1 is 0.967 bits per heavy atom. The highest BCUT2D eigenvalue weighted by molar-refractivity contribution is 7.98. The van der Waals surface area contributed by atoms with Gasteiger partial charge in [0.2, 0.25) is 24.0 Å². The number of nitrogens with one attached hydrogen (secondary N) is 3. The lowest BCUT2D eigenvalue weighted by atomic mass is 10.0. The number of hydrogen-bond acceptors (Lipinski definition) is 8. The number of nitrogens with two attached hydrogens (primary N) is 1. The molecule has 0 saturated carbocycles. The third-order valence-corrected chi connectivity index (χ3v) is 4.92. The largest absolute Gasteiger partial charge is 0.391 e. The molecule has 1 radical (unpaired) electrons. The van der Waals surface area contributed by atoms with Crippen LogP contribution < -0.4 is 21.7 Å².